The van der Waals surface area contributed by atoms with Crippen LogP contribution in [-0.4, -0.2) is 12.9 Å². The molecule has 0 bridgehead atoms. The Morgan fingerprint density at radius 3 is 2.47 bits per heavy atom. The van der Waals surface area contributed by atoms with Crippen LogP contribution in [0.1, 0.15) is 35.7 Å². The van der Waals surface area contributed by atoms with Crippen LogP contribution in [-0.2, 0) is 16.8 Å². The fourth-order valence-electron chi connectivity index (χ4n) is 2.01. The minimum atomic E-state index is -0.608. The van der Waals surface area contributed by atoms with E-state index in [2.05, 4.69) is 0 Å². The third-order valence-corrected chi connectivity index (χ3v) is 3.24. The summed E-state index contributed by atoms with van der Waals surface area (Å²) >= 11 is 0. The zero-order valence-electron chi connectivity index (χ0n) is 11.5. The van der Waals surface area contributed by atoms with Crippen molar-refractivity contribution in [2.75, 3.05) is 7.11 Å². The van der Waals surface area contributed by atoms with E-state index in [9.17, 15) is 4.79 Å². The van der Waals surface area contributed by atoms with Gasteiger partial charge in [0.15, 0.2) is 5.76 Å². The molecule has 0 aliphatic rings. The molecule has 1 aromatic heterocycles. The van der Waals surface area contributed by atoms with Crippen molar-refractivity contribution in [1.82, 2.24) is 0 Å². The SMILES string of the molecule is COCc1ccc(C(=O)C(C)(C)c2ccccc2)o1. The fraction of sp³-hybridized carbons (Fsp3) is 0.312. The Kier molecular flexibility index (Phi) is 3.86. The number of Topliss-reactive ketones (excluding diaryl/α,β-unsaturated/α-hetero) is 1. The second-order valence-electron chi connectivity index (χ2n) is 5.02. The number of methoxy groups -OCH3 is 1. The fourth-order valence-corrected chi connectivity index (χ4v) is 2.01. The van der Waals surface area contributed by atoms with Gasteiger partial charge in [0, 0.05) is 7.11 Å². The summed E-state index contributed by atoms with van der Waals surface area (Å²) in [5.41, 5.74) is 0.369. The standard InChI is InChI=1S/C16H18O3/c1-16(2,12-7-5-4-6-8-12)15(17)14-10-9-13(19-14)11-18-3/h4-10H,11H2,1-3H3. The van der Waals surface area contributed by atoms with Gasteiger partial charge in [0.1, 0.15) is 12.4 Å². The Morgan fingerprint density at radius 2 is 1.84 bits per heavy atom. The smallest absolute Gasteiger partial charge is 0.207 e. The van der Waals surface area contributed by atoms with Crippen LogP contribution in [0, 0.1) is 0 Å². The number of furan rings is 1. The highest BCUT2D eigenvalue weighted by Crippen LogP contribution is 2.28. The van der Waals surface area contributed by atoms with E-state index < -0.39 is 5.41 Å². The molecule has 2 aromatic rings. The third-order valence-electron chi connectivity index (χ3n) is 3.24. The molecule has 0 amide bonds. The summed E-state index contributed by atoms with van der Waals surface area (Å²) in [7, 11) is 1.60. The van der Waals surface area contributed by atoms with Gasteiger partial charge in [-0.3, -0.25) is 4.79 Å². The molecule has 1 heterocycles. The quantitative estimate of drug-likeness (QED) is 0.769. The number of rotatable bonds is 5. The van der Waals surface area contributed by atoms with E-state index in [0.29, 0.717) is 18.1 Å². The molecule has 0 atom stereocenters. The lowest BCUT2D eigenvalue weighted by atomic mass is 9.80. The third kappa shape index (κ3) is 2.76. The second kappa shape index (κ2) is 5.41. The first-order chi connectivity index (χ1) is 9.05. The summed E-state index contributed by atoms with van der Waals surface area (Å²) in [5, 5.41) is 0. The molecule has 1 aromatic carbocycles. The van der Waals surface area contributed by atoms with E-state index in [1.54, 1.807) is 19.2 Å². The Balaban J connectivity index is 2.27. The van der Waals surface area contributed by atoms with Gasteiger partial charge in [-0.05, 0) is 31.5 Å². The largest absolute Gasteiger partial charge is 0.455 e. The molecule has 0 fully saturated rings. The Morgan fingerprint density at radius 1 is 1.16 bits per heavy atom. The highest BCUT2D eigenvalue weighted by molar-refractivity contribution is 6.01. The Labute approximate surface area is 113 Å². The van der Waals surface area contributed by atoms with Gasteiger partial charge in [0.2, 0.25) is 5.78 Å². The second-order valence-corrected chi connectivity index (χ2v) is 5.02. The van der Waals surface area contributed by atoms with Crippen LogP contribution in [0.25, 0.3) is 0 Å². The lowest BCUT2D eigenvalue weighted by molar-refractivity contribution is 0.0871. The van der Waals surface area contributed by atoms with Gasteiger partial charge in [0.25, 0.3) is 0 Å². The maximum absolute atomic E-state index is 12.5. The first kappa shape index (κ1) is 13.6. The molecule has 0 N–H and O–H groups in total. The molecule has 19 heavy (non-hydrogen) atoms. The number of ether oxygens (including phenoxy) is 1. The van der Waals surface area contributed by atoms with Gasteiger partial charge in [-0.25, -0.2) is 0 Å². The van der Waals surface area contributed by atoms with Crippen molar-refractivity contribution in [3.05, 3.63) is 59.5 Å². The summed E-state index contributed by atoms with van der Waals surface area (Å²) in [5.74, 6) is 1.01. The van der Waals surface area contributed by atoms with E-state index >= 15 is 0 Å². The van der Waals surface area contributed by atoms with Crippen LogP contribution in [0.2, 0.25) is 0 Å². The lowest BCUT2D eigenvalue weighted by Gasteiger charge is -2.22. The van der Waals surface area contributed by atoms with E-state index in [4.69, 9.17) is 9.15 Å². The number of benzene rings is 1. The van der Waals surface area contributed by atoms with E-state index in [0.717, 1.165) is 5.56 Å². The molecule has 0 aliphatic carbocycles. The molecule has 0 unspecified atom stereocenters. The van der Waals surface area contributed by atoms with Crippen molar-refractivity contribution in [1.29, 1.82) is 0 Å². The summed E-state index contributed by atoms with van der Waals surface area (Å²) in [6, 6.07) is 13.2. The van der Waals surface area contributed by atoms with Crippen molar-refractivity contribution in [2.45, 2.75) is 25.9 Å². The van der Waals surface area contributed by atoms with Crippen molar-refractivity contribution in [2.24, 2.45) is 0 Å². The monoisotopic (exact) mass is 258 g/mol. The van der Waals surface area contributed by atoms with E-state index in [1.165, 1.54) is 0 Å². The molecule has 0 saturated carbocycles. The number of carbonyl (C=O) groups is 1. The van der Waals surface area contributed by atoms with Crippen LogP contribution in [0.4, 0.5) is 0 Å². The molecule has 100 valence electrons. The molecule has 3 heteroatoms. The maximum atomic E-state index is 12.5. The van der Waals surface area contributed by atoms with Crippen molar-refractivity contribution in [3.8, 4) is 0 Å². The molecular formula is C16H18O3. The van der Waals surface area contributed by atoms with Crippen molar-refractivity contribution in [3.63, 3.8) is 0 Å². The van der Waals surface area contributed by atoms with Crippen LogP contribution in [0.15, 0.2) is 46.9 Å². The zero-order chi connectivity index (χ0) is 13.9. The molecule has 0 saturated heterocycles. The number of ketones is 1. The summed E-state index contributed by atoms with van der Waals surface area (Å²) < 4.78 is 10.5. The molecular weight excluding hydrogens is 240 g/mol. The number of carbonyl (C=O) groups excluding carboxylic acids is 1. The average Bonchev–Trinajstić information content (AvgIpc) is 2.88. The molecule has 0 radical (unpaired) electrons. The average molecular weight is 258 g/mol. The minimum absolute atomic E-state index is 0.0268. The van der Waals surface area contributed by atoms with Crippen molar-refractivity contribution < 1.29 is 13.9 Å². The predicted molar refractivity (Wildman–Crippen MR) is 73.2 cm³/mol. The summed E-state index contributed by atoms with van der Waals surface area (Å²) in [6.45, 7) is 4.19. The molecule has 0 spiro atoms. The van der Waals surface area contributed by atoms with Crippen LogP contribution in [0.3, 0.4) is 0 Å². The predicted octanol–water partition coefficient (Wildman–Crippen LogP) is 3.59. The highest BCUT2D eigenvalue weighted by Gasteiger charge is 2.32. The van der Waals surface area contributed by atoms with Crippen molar-refractivity contribution >= 4 is 5.78 Å². The van der Waals surface area contributed by atoms with Gasteiger partial charge in [0.05, 0.1) is 5.41 Å². The van der Waals surface area contributed by atoms with E-state index in [1.807, 2.05) is 44.2 Å². The minimum Gasteiger partial charge on any atom is -0.455 e. The molecule has 0 aliphatic heterocycles. The van der Waals surface area contributed by atoms with Gasteiger partial charge in [-0.15, -0.1) is 0 Å². The summed E-state index contributed by atoms with van der Waals surface area (Å²) in [6.07, 6.45) is 0. The molecule has 3 nitrogen and oxygen atoms in total. The van der Waals surface area contributed by atoms with E-state index in [-0.39, 0.29) is 5.78 Å². The topological polar surface area (TPSA) is 39.4 Å². The first-order valence-corrected chi connectivity index (χ1v) is 6.23. The number of hydrogen-bond acceptors (Lipinski definition) is 3. The van der Waals surface area contributed by atoms with Crippen LogP contribution in [0.5, 0.6) is 0 Å². The normalized spacial score (nSPS) is 11.5. The van der Waals surface area contributed by atoms with Gasteiger partial charge < -0.3 is 9.15 Å². The molecule has 2 rings (SSSR count). The number of hydrogen-bond donors (Lipinski definition) is 0. The Hall–Kier alpha value is -1.87. The van der Waals surface area contributed by atoms with Gasteiger partial charge in [-0.1, -0.05) is 30.3 Å². The van der Waals surface area contributed by atoms with Crippen LogP contribution >= 0.6 is 0 Å². The van der Waals surface area contributed by atoms with Crippen LogP contribution < -0.4 is 0 Å². The first-order valence-electron chi connectivity index (χ1n) is 6.23. The zero-order valence-corrected chi connectivity index (χ0v) is 11.5. The lowest BCUT2D eigenvalue weighted by Crippen LogP contribution is -2.28. The summed E-state index contributed by atoms with van der Waals surface area (Å²) in [4.78, 5) is 12.5. The maximum Gasteiger partial charge on any atom is 0.207 e. The van der Waals surface area contributed by atoms with Gasteiger partial charge in [-0.2, -0.15) is 0 Å². The Bertz CT molecular complexity index is 552. The highest BCUT2D eigenvalue weighted by atomic mass is 16.5. The van der Waals surface area contributed by atoms with Gasteiger partial charge >= 0.3 is 0 Å².